The fourth-order valence-corrected chi connectivity index (χ4v) is 4.80. The molecule has 3 aromatic rings. The summed E-state index contributed by atoms with van der Waals surface area (Å²) in [7, 11) is 2.08. The number of allylic oxidation sites excluding steroid dienone is 1. The van der Waals surface area contributed by atoms with Crippen LogP contribution >= 0.6 is 11.3 Å². The normalized spacial score (nSPS) is 13.7. The zero-order chi connectivity index (χ0) is 24.1. The van der Waals surface area contributed by atoms with E-state index in [1.165, 1.54) is 22.4 Å². The van der Waals surface area contributed by atoms with Crippen molar-refractivity contribution in [3.05, 3.63) is 87.6 Å². The van der Waals surface area contributed by atoms with E-state index in [-0.39, 0.29) is 18.4 Å². The Morgan fingerprint density at radius 3 is 2.65 bits per heavy atom. The van der Waals surface area contributed by atoms with Crippen LogP contribution in [0.5, 0.6) is 0 Å². The highest BCUT2D eigenvalue weighted by molar-refractivity contribution is 7.15. The van der Waals surface area contributed by atoms with Gasteiger partial charge in [-0.25, -0.2) is 4.98 Å². The van der Waals surface area contributed by atoms with Crippen molar-refractivity contribution in [1.82, 2.24) is 15.2 Å². The minimum absolute atomic E-state index is 0.229. The highest BCUT2D eigenvalue weighted by atomic mass is 32.1. The van der Waals surface area contributed by atoms with Crippen molar-refractivity contribution >= 4 is 40.1 Å². The van der Waals surface area contributed by atoms with Gasteiger partial charge >= 0.3 is 0 Å². The highest BCUT2D eigenvalue weighted by Gasteiger charge is 2.19. The number of nitrogens with two attached hydrogens (primary N) is 1. The number of benzene rings is 2. The van der Waals surface area contributed by atoms with Gasteiger partial charge in [0.25, 0.3) is 11.8 Å². The second-order valence-corrected chi connectivity index (χ2v) is 9.14. The summed E-state index contributed by atoms with van der Waals surface area (Å²) >= 11 is 1.52. The van der Waals surface area contributed by atoms with Gasteiger partial charge in [-0.2, -0.15) is 0 Å². The summed E-state index contributed by atoms with van der Waals surface area (Å²) in [5, 5.41) is 13.8. The van der Waals surface area contributed by atoms with Crippen LogP contribution in [0.15, 0.2) is 54.7 Å². The Balaban J connectivity index is 1.39. The number of hydrogen-bond acceptors (Lipinski definition) is 7. The molecule has 0 bridgehead atoms. The van der Waals surface area contributed by atoms with E-state index in [9.17, 15) is 9.59 Å². The van der Waals surface area contributed by atoms with Gasteiger partial charge in [0.1, 0.15) is 0 Å². The first-order valence-corrected chi connectivity index (χ1v) is 11.7. The number of rotatable bonds is 7. The number of carbonyl (C=O) groups excluding carboxylic acids is 2. The van der Waals surface area contributed by atoms with E-state index in [0.29, 0.717) is 27.4 Å². The molecule has 8 nitrogen and oxygen atoms in total. The fourth-order valence-electron chi connectivity index (χ4n) is 3.72. The van der Waals surface area contributed by atoms with Crippen LogP contribution in [0.2, 0.25) is 0 Å². The first kappa shape index (κ1) is 23.3. The van der Waals surface area contributed by atoms with E-state index in [1.807, 2.05) is 6.07 Å². The largest absolute Gasteiger partial charge is 0.404 e. The van der Waals surface area contributed by atoms with Crippen LogP contribution in [-0.4, -0.2) is 41.5 Å². The molecule has 2 heterocycles. The van der Waals surface area contributed by atoms with Crippen molar-refractivity contribution in [2.75, 3.05) is 18.9 Å². The monoisotopic (exact) mass is 474 g/mol. The summed E-state index contributed by atoms with van der Waals surface area (Å²) in [5.74, 6) is -0.482. The molecule has 0 fully saturated rings. The lowest BCUT2D eigenvalue weighted by atomic mass is 10.0. The number of likely N-dealkylation sites (N-methyl/N-ethyl adjacent to an activating group) is 1. The van der Waals surface area contributed by atoms with Gasteiger partial charge in [-0.1, -0.05) is 24.3 Å². The average molecular weight is 475 g/mol. The van der Waals surface area contributed by atoms with Crippen molar-refractivity contribution in [1.29, 1.82) is 5.41 Å². The molecule has 4 rings (SSSR count). The van der Waals surface area contributed by atoms with E-state index in [1.54, 1.807) is 42.5 Å². The molecule has 0 spiro atoms. The van der Waals surface area contributed by atoms with E-state index < -0.39 is 0 Å². The molecule has 5 N–H and O–H groups in total. The van der Waals surface area contributed by atoms with Gasteiger partial charge in [-0.05, 0) is 42.4 Å². The molecule has 0 unspecified atom stereocenters. The molecule has 34 heavy (non-hydrogen) atoms. The Morgan fingerprint density at radius 2 is 1.88 bits per heavy atom. The molecule has 0 saturated heterocycles. The number of aromatic nitrogens is 1. The molecule has 0 radical (unpaired) electrons. The SMILES string of the molecule is CN1CCc2nc(NC(=O)c3cccc(CNC(=O)c4cccc(/C(C=N)=C/N)c4)c3)sc2C1. The smallest absolute Gasteiger partial charge is 0.257 e. The number of nitrogens with one attached hydrogen (secondary N) is 3. The molecule has 9 heteroatoms. The van der Waals surface area contributed by atoms with Gasteiger partial charge in [0, 0.05) is 60.0 Å². The zero-order valence-corrected chi connectivity index (χ0v) is 19.6. The molecule has 1 aliphatic heterocycles. The number of carbonyl (C=O) groups is 2. The maximum atomic E-state index is 12.8. The molecular formula is C25H26N6O2S. The third-order valence-corrected chi connectivity index (χ3v) is 6.58. The van der Waals surface area contributed by atoms with Gasteiger partial charge < -0.3 is 21.4 Å². The van der Waals surface area contributed by atoms with Crippen molar-refractivity contribution in [3.63, 3.8) is 0 Å². The molecule has 0 atom stereocenters. The molecule has 1 aromatic heterocycles. The summed E-state index contributed by atoms with van der Waals surface area (Å²) in [6, 6.07) is 14.1. The van der Waals surface area contributed by atoms with Crippen LogP contribution < -0.4 is 16.4 Å². The number of anilines is 1. The third kappa shape index (κ3) is 5.38. The third-order valence-electron chi connectivity index (χ3n) is 5.58. The molecule has 174 valence electrons. The molecule has 1 aliphatic rings. The number of nitrogens with zero attached hydrogens (tertiary/aromatic N) is 2. The van der Waals surface area contributed by atoms with Crippen molar-refractivity contribution in [2.45, 2.75) is 19.5 Å². The first-order valence-electron chi connectivity index (χ1n) is 10.8. The number of amides is 2. The first-order chi connectivity index (χ1) is 16.5. The maximum absolute atomic E-state index is 12.8. The Hall–Kier alpha value is -3.82. The second-order valence-electron chi connectivity index (χ2n) is 8.06. The summed E-state index contributed by atoms with van der Waals surface area (Å²) in [4.78, 5) is 33.4. The van der Waals surface area contributed by atoms with Gasteiger partial charge in [0.05, 0.1) is 5.69 Å². The van der Waals surface area contributed by atoms with Crippen molar-refractivity contribution in [3.8, 4) is 0 Å². The van der Waals surface area contributed by atoms with Crippen LogP contribution in [0.1, 0.15) is 42.4 Å². The van der Waals surface area contributed by atoms with Crippen LogP contribution in [-0.2, 0) is 19.5 Å². The van der Waals surface area contributed by atoms with E-state index in [4.69, 9.17) is 11.1 Å². The summed E-state index contributed by atoms with van der Waals surface area (Å²) < 4.78 is 0. The van der Waals surface area contributed by atoms with Crippen molar-refractivity contribution in [2.24, 2.45) is 5.73 Å². The molecule has 0 aliphatic carbocycles. The minimum atomic E-state index is -0.253. The standard InChI is InChI=1S/C25H26N6O2S/c1-31-9-8-21-22(15-31)34-25(29-21)30-24(33)18-6-2-4-16(10-18)14-28-23(32)19-7-3-5-17(11-19)20(12-26)13-27/h2-7,10-13,26H,8-9,14-15,27H2,1H3,(H,28,32)(H,29,30,33)/b20-13+,26-12?. The predicted molar refractivity (Wildman–Crippen MR) is 135 cm³/mol. The van der Waals surface area contributed by atoms with E-state index >= 15 is 0 Å². The summed E-state index contributed by atoms with van der Waals surface area (Å²) in [6.45, 7) is 2.09. The highest BCUT2D eigenvalue weighted by Crippen LogP contribution is 2.28. The van der Waals surface area contributed by atoms with Gasteiger partial charge in [-0.3, -0.25) is 14.9 Å². The van der Waals surface area contributed by atoms with Crippen LogP contribution in [0.3, 0.4) is 0 Å². The number of thiazole rings is 1. The Morgan fingerprint density at radius 1 is 1.15 bits per heavy atom. The zero-order valence-electron chi connectivity index (χ0n) is 18.8. The van der Waals surface area contributed by atoms with Crippen LogP contribution in [0.4, 0.5) is 5.13 Å². The summed E-state index contributed by atoms with van der Waals surface area (Å²) in [6.07, 6.45) is 3.37. The second kappa shape index (κ2) is 10.4. The minimum Gasteiger partial charge on any atom is -0.404 e. The Kier molecular flexibility index (Phi) is 7.15. The Labute approximate surface area is 202 Å². The van der Waals surface area contributed by atoms with Crippen molar-refractivity contribution < 1.29 is 9.59 Å². The number of hydrogen-bond donors (Lipinski definition) is 4. The lowest BCUT2D eigenvalue weighted by molar-refractivity contribution is 0.0950. The van der Waals surface area contributed by atoms with Gasteiger partial charge in [-0.15, -0.1) is 11.3 Å². The quantitative estimate of drug-likeness (QED) is 0.391. The predicted octanol–water partition coefficient (Wildman–Crippen LogP) is 3.26. The summed E-state index contributed by atoms with van der Waals surface area (Å²) in [5.41, 5.74) is 9.60. The average Bonchev–Trinajstić information content (AvgIpc) is 3.25. The van der Waals surface area contributed by atoms with Gasteiger partial charge in [0.2, 0.25) is 0 Å². The molecule has 2 amide bonds. The molecular weight excluding hydrogens is 448 g/mol. The Bertz CT molecular complexity index is 1270. The van der Waals surface area contributed by atoms with E-state index in [0.717, 1.165) is 37.0 Å². The van der Waals surface area contributed by atoms with Gasteiger partial charge in [0.15, 0.2) is 5.13 Å². The topological polar surface area (TPSA) is 124 Å². The lowest BCUT2D eigenvalue weighted by Crippen LogP contribution is -2.25. The lowest BCUT2D eigenvalue weighted by Gasteiger charge is -2.20. The number of fused-ring (bicyclic) bond motifs is 1. The molecule has 0 saturated carbocycles. The van der Waals surface area contributed by atoms with Crippen LogP contribution in [0.25, 0.3) is 5.57 Å². The van der Waals surface area contributed by atoms with E-state index in [2.05, 4.69) is 27.6 Å². The fraction of sp³-hybridized carbons (Fsp3) is 0.200. The van der Waals surface area contributed by atoms with Crippen LogP contribution in [0, 0.1) is 5.41 Å². The molecule has 2 aromatic carbocycles. The maximum Gasteiger partial charge on any atom is 0.257 e.